The Morgan fingerprint density at radius 3 is 2.56 bits per heavy atom. The number of nitrogens with one attached hydrogen (secondary N) is 1. The van der Waals surface area contributed by atoms with Gasteiger partial charge in [0.25, 0.3) is 0 Å². The second kappa shape index (κ2) is 5.50. The molecule has 2 atom stereocenters. The summed E-state index contributed by atoms with van der Waals surface area (Å²) < 4.78 is 10.7. The first-order valence-corrected chi connectivity index (χ1v) is 5.73. The second-order valence-corrected chi connectivity index (χ2v) is 5.08. The fourth-order valence-corrected chi connectivity index (χ4v) is 1.61. The monoisotopic (exact) mass is 230 g/mol. The van der Waals surface area contributed by atoms with Gasteiger partial charge in [-0.3, -0.25) is 0 Å². The van der Waals surface area contributed by atoms with Crippen molar-refractivity contribution in [2.45, 2.75) is 51.4 Å². The van der Waals surface area contributed by atoms with Gasteiger partial charge < -0.3 is 20.5 Å². The number of nitrogens with two attached hydrogens (primary N) is 1. The molecule has 0 saturated carbocycles. The molecule has 1 rings (SSSR count). The van der Waals surface area contributed by atoms with Crippen LogP contribution < -0.4 is 11.1 Å². The number of amides is 1. The fourth-order valence-electron chi connectivity index (χ4n) is 1.61. The summed E-state index contributed by atoms with van der Waals surface area (Å²) in [7, 11) is 0. The zero-order valence-corrected chi connectivity index (χ0v) is 10.3. The molecule has 5 heteroatoms. The van der Waals surface area contributed by atoms with E-state index in [1.165, 1.54) is 0 Å². The minimum Gasteiger partial charge on any atom is -0.444 e. The Labute approximate surface area is 96.7 Å². The molecule has 0 spiro atoms. The number of alkyl carbamates (subject to hydrolysis) is 1. The first kappa shape index (κ1) is 13.3. The van der Waals surface area contributed by atoms with Gasteiger partial charge in [-0.2, -0.15) is 0 Å². The Morgan fingerprint density at radius 2 is 2.06 bits per heavy atom. The molecule has 0 aromatic rings. The first-order chi connectivity index (χ1) is 7.40. The highest BCUT2D eigenvalue weighted by molar-refractivity contribution is 5.67. The van der Waals surface area contributed by atoms with Gasteiger partial charge in [0, 0.05) is 13.1 Å². The van der Waals surface area contributed by atoms with Gasteiger partial charge in [-0.25, -0.2) is 4.79 Å². The van der Waals surface area contributed by atoms with Crippen molar-refractivity contribution in [2.24, 2.45) is 5.73 Å². The number of hydrogen-bond acceptors (Lipinski definition) is 4. The molecule has 3 N–H and O–H groups in total. The summed E-state index contributed by atoms with van der Waals surface area (Å²) >= 11 is 0. The standard InChI is InChI=1S/C11H22N2O3/c1-11(2,3)16-10(14)13-7-9-5-4-8(6-12)15-9/h8-9H,4-7,12H2,1-3H3,(H,13,14). The van der Waals surface area contributed by atoms with Crippen molar-refractivity contribution in [3.63, 3.8) is 0 Å². The van der Waals surface area contributed by atoms with Gasteiger partial charge in [-0.1, -0.05) is 0 Å². The number of rotatable bonds is 3. The molecular weight excluding hydrogens is 208 g/mol. The molecule has 5 nitrogen and oxygen atoms in total. The number of carbonyl (C=O) groups is 1. The van der Waals surface area contributed by atoms with Crippen molar-refractivity contribution < 1.29 is 14.3 Å². The summed E-state index contributed by atoms with van der Waals surface area (Å²) in [6.45, 7) is 6.55. The maximum absolute atomic E-state index is 11.4. The summed E-state index contributed by atoms with van der Waals surface area (Å²) in [5.74, 6) is 0. The fraction of sp³-hybridized carbons (Fsp3) is 0.909. The van der Waals surface area contributed by atoms with Gasteiger partial charge in [-0.15, -0.1) is 0 Å². The Hall–Kier alpha value is -0.810. The van der Waals surface area contributed by atoms with E-state index in [4.69, 9.17) is 15.2 Å². The van der Waals surface area contributed by atoms with Crippen LogP contribution in [0.2, 0.25) is 0 Å². The Balaban J connectivity index is 2.18. The lowest BCUT2D eigenvalue weighted by atomic mass is 10.2. The second-order valence-electron chi connectivity index (χ2n) is 5.08. The van der Waals surface area contributed by atoms with Gasteiger partial charge >= 0.3 is 6.09 Å². The summed E-state index contributed by atoms with van der Waals surface area (Å²) in [6, 6.07) is 0. The van der Waals surface area contributed by atoms with E-state index >= 15 is 0 Å². The predicted octanol–water partition coefficient (Wildman–Crippen LogP) is 1.02. The lowest BCUT2D eigenvalue weighted by Crippen LogP contribution is -2.37. The van der Waals surface area contributed by atoms with Crippen molar-refractivity contribution >= 4 is 6.09 Å². The van der Waals surface area contributed by atoms with Crippen molar-refractivity contribution in [3.05, 3.63) is 0 Å². The summed E-state index contributed by atoms with van der Waals surface area (Å²) in [5.41, 5.74) is 5.04. The lowest BCUT2D eigenvalue weighted by Gasteiger charge is -2.20. The van der Waals surface area contributed by atoms with Crippen LogP contribution in [0.5, 0.6) is 0 Å². The van der Waals surface area contributed by atoms with E-state index in [2.05, 4.69) is 5.32 Å². The van der Waals surface area contributed by atoms with Gasteiger partial charge in [0.05, 0.1) is 12.2 Å². The smallest absolute Gasteiger partial charge is 0.407 e. The molecule has 16 heavy (non-hydrogen) atoms. The van der Waals surface area contributed by atoms with Crippen LogP contribution in [0, 0.1) is 0 Å². The Morgan fingerprint density at radius 1 is 1.44 bits per heavy atom. The zero-order valence-electron chi connectivity index (χ0n) is 10.3. The molecule has 1 amide bonds. The third kappa shape index (κ3) is 4.81. The van der Waals surface area contributed by atoms with Gasteiger partial charge in [0.15, 0.2) is 0 Å². The van der Waals surface area contributed by atoms with Crippen LogP contribution in [-0.2, 0) is 9.47 Å². The molecule has 0 aliphatic carbocycles. The highest BCUT2D eigenvalue weighted by Gasteiger charge is 2.25. The SMILES string of the molecule is CC(C)(C)OC(=O)NCC1CCC(CN)O1. The zero-order chi connectivity index (χ0) is 12.2. The van der Waals surface area contributed by atoms with Crippen LogP contribution in [0.25, 0.3) is 0 Å². The molecule has 1 fully saturated rings. The highest BCUT2D eigenvalue weighted by Crippen LogP contribution is 2.18. The third-order valence-corrected chi connectivity index (χ3v) is 2.33. The maximum Gasteiger partial charge on any atom is 0.407 e. The Bertz CT molecular complexity index is 238. The van der Waals surface area contributed by atoms with Crippen LogP contribution >= 0.6 is 0 Å². The molecular formula is C11H22N2O3. The molecule has 0 radical (unpaired) electrons. The molecule has 1 heterocycles. The average Bonchev–Trinajstić information content (AvgIpc) is 2.59. The third-order valence-electron chi connectivity index (χ3n) is 2.33. The van der Waals surface area contributed by atoms with E-state index in [0.717, 1.165) is 12.8 Å². The van der Waals surface area contributed by atoms with Crippen LogP contribution in [-0.4, -0.2) is 37.0 Å². The average molecular weight is 230 g/mol. The van der Waals surface area contributed by atoms with E-state index < -0.39 is 11.7 Å². The summed E-state index contributed by atoms with van der Waals surface area (Å²) in [4.78, 5) is 11.4. The van der Waals surface area contributed by atoms with E-state index in [1.54, 1.807) is 0 Å². The minimum absolute atomic E-state index is 0.0704. The van der Waals surface area contributed by atoms with Crippen molar-refractivity contribution in [2.75, 3.05) is 13.1 Å². The molecule has 0 aromatic heterocycles. The van der Waals surface area contributed by atoms with E-state index in [9.17, 15) is 4.79 Å². The van der Waals surface area contributed by atoms with Crippen molar-refractivity contribution in [1.29, 1.82) is 0 Å². The highest BCUT2D eigenvalue weighted by atomic mass is 16.6. The molecule has 94 valence electrons. The van der Waals surface area contributed by atoms with Gasteiger partial charge in [0.1, 0.15) is 5.60 Å². The number of carbonyl (C=O) groups excluding carboxylic acids is 1. The van der Waals surface area contributed by atoms with E-state index in [0.29, 0.717) is 13.1 Å². The van der Waals surface area contributed by atoms with E-state index in [1.807, 2.05) is 20.8 Å². The van der Waals surface area contributed by atoms with Crippen molar-refractivity contribution in [3.8, 4) is 0 Å². The molecule has 2 unspecified atom stereocenters. The van der Waals surface area contributed by atoms with Crippen LogP contribution in [0.4, 0.5) is 4.79 Å². The first-order valence-electron chi connectivity index (χ1n) is 5.73. The largest absolute Gasteiger partial charge is 0.444 e. The summed E-state index contributed by atoms with van der Waals surface area (Å²) in [6.07, 6.45) is 1.73. The van der Waals surface area contributed by atoms with Crippen molar-refractivity contribution in [1.82, 2.24) is 5.32 Å². The lowest BCUT2D eigenvalue weighted by molar-refractivity contribution is 0.0346. The van der Waals surface area contributed by atoms with E-state index in [-0.39, 0.29) is 12.2 Å². The Kier molecular flexibility index (Phi) is 4.56. The number of ether oxygens (including phenoxy) is 2. The molecule has 0 bridgehead atoms. The number of hydrogen-bond donors (Lipinski definition) is 2. The topological polar surface area (TPSA) is 73.6 Å². The molecule has 1 saturated heterocycles. The minimum atomic E-state index is -0.458. The van der Waals surface area contributed by atoms with Gasteiger partial charge in [-0.05, 0) is 33.6 Å². The van der Waals surface area contributed by atoms with Gasteiger partial charge in [0.2, 0.25) is 0 Å². The molecule has 0 aromatic carbocycles. The molecule has 1 aliphatic rings. The summed E-state index contributed by atoms with van der Waals surface area (Å²) in [5, 5.41) is 2.70. The van der Waals surface area contributed by atoms with Crippen LogP contribution in [0.15, 0.2) is 0 Å². The maximum atomic E-state index is 11.4. The van der Waals surface area contributed by atoms with Crippen LogP contribution in [0.1, 0.15) is 33.6 Å². The predicted molar refractivity (Wildman–Crippen MR) is 61.2 cm³/mol. The normalized spacial score (nSPS) is 25.5. The van der Waals surface area contributed by atoms with Crippen LogP contribution in [0.3, 0.4) is 0 Å². The quantitative estimate of drug-likeness (QED) is 0.759. The molecule has 1 aliphatic heterocycles.